The number of halogens is 1. The fourth-order valence-corrected chi connectivity index (χ4v) is 2.99. The Kier molecular flexibility index (Phi) is 3.97. The van der Waals surface area contributed by atoms with Crippen LogP contribution in [0.15, 0.2) is 6.20 Å². The number of nitrogens with one attached hydrogen (secondary N) is 1. The minimum Gasteiger partial charge on any atom is -0.465 e. The molecule has 3 rings (SSSR count). The molecule has 0 aromatic carbocycles. The number of aromatic nitrogens is 2. The second-order valence-corrected chi connectivity index (χ2v) is 6.55. The van der Waals surface area contributed by atoms with E-state index < -0.39 is 5.54 Å². The van der Waals surface area contributed by atoms with E-state index in [1.165, 1.54) is 0 Å². The van der Waals surface area contributed by atoms with Crippen molar-refractivity contribution in [3.8, 4) is 0 Å². The number of ether oxygens (including phenoxy) is 1. The van der Waals surface area contributed by atoms with Gasteiger partial charge in [0.05, 0.1) is 23.9 Å². The van der Waals surface area contributed by atoms with Crippen molar-refractivity contribution >= 4 is 17.6 Å². The molecule has 6 heteroatoms. The zero-order valence-electron chi connectivity index (χ0n) is 12.6. The average molecular weight is 312 g/mol. The zero-order chi connectivity index (χ0) is 15.0. The number of nitrogens with zero attached hydrogens (tertiary/aromatic N) is 2. The summed E-state index contributed by atoms with van der Waals surface area (Å²) in [6.07, 6.45) is 6.18. The number of hydrogen-bond acceptors (Lipinski definition) is 4. The third-order valence-electron chi connectivity index (χ3n) is 4.25. The molecule has 1 aromatic heterocycles. The van der Waals surface area contributed by atoms with Crippen LogP contribution in [-0.2, 0) is 16.1 Å². The van der Waals surface area contributed by atoms with Gasteiger partial charge in [0.15, 0.2) is 0 Å². The smallest absolute Gasteiger partial charge is 0.328 e. The van der Waals surface area contributed by atoms with E-state index >= 15 is 0 Å². The summed E-state index contributed by atoms with van der Waals surface area (Å²) >= 11 is 6.09. The van der Waals surface area contributed by atoms with Crippen LogP contribution in [0.25, 0.3) is 0 Å². The van der Waals surface area contributed by atoms with Gasteiger partial charge in [0.2, 0.25) is 0 Å². The van der Waals surface area contributed by atoms with Gasteiger partial charge < -0.3 is 4.74 Å². The molecule has 0 bridgehead atoms. The maximum atomic E-state index is 12.6. The van der Waals surface area contributed by atoms with Gasteiger partial charge in [-0.05, 0) is 45.4 Å². The molecule has 1 unspecified atom stereocenters. The van der Waals surface area contributed by atoms with E-state index in [0.29, 0.717) is 30.1 Å². The molecule has 0 radical (unpaired) electrons. The van der Waals surface area contributed by atoms with E-state index in [4.69, 9.17) is 16.3 Å². The third-order valence-corrected chi connectivity index (χ3v) is 4.62. The standard InChI is InChI=1S/C15H22ClN3O2/c1-3-21-14(20)15(11-4-5-11,17-12-6-7-12)9-19-8-13(16)10(2)18-19/h8,11-12,17H,3-7,9H2,1-2H3. The van der Waals surface area contributed by atoms with Crippen LogP contribution >= 0.6 is 11.6 Å². The molecule has 1 N–H and O–H groups in total. The Morgan fingerprint density at radius 3 is 2.71 bits per heavy atom. The third kappa shape index (κ3) is 3.09. The molecular formula is C15H22ClN3O2. The number of carbonyl (C=O) groups excluding carboxylic acids is 1. The Labute approximate surface area is 130 Å². The molecule has 1 aromatic rings. The lowest BCUT2D eigenvalue weighted by Gasteiger charge is -2.33. The van der Waals surface area contributed by atoms with Crippen LogP contribution in [0.3, 0.4) is 0 Å². The number of esters is 1. The van der Waals surface area contributed by atoms with Crippen molar-refractivity contribution in [1.29, 1.82) is 0 Å². The van der Waals surface area contributed by atoms with Gasteiger partial charge >= 0.3 is 5.97 Å². The van der Waals surface area contributed by atoms with Crippen LogP contribution in [0.4, 0.5) is 0 Å². The van der Waals surface area contributed by atoms with Crippen molar-refractivity contribution in [3.05, 3.63) is 16.9 Å². The van der Waals surface area contributed by atoms with Crippen molar-refractivity contribution in [3.63, 3.8) is 0 Å². The average Bonchev–Trinajstić information content (AvgIpc) is 3.32. The van der Waals surface area contributed by atoms with Gasteiger partial charge in [0, 0.05) is 12.2 Å². The highest BCUT2D eigenvalue weighted by Crippen LogP contribution is 2.43. The van der Waals surface area contributed by atoms with Gasteiger partial charge in [-0.3, -0.25) is 10.00 Å². The summed E-state index contributed by atoms with van der Waals surface area (Å²) in [5.41, 5.74) is 0.135. The largest absolute Gasteiger partial charge is 0.465 e. The minimum atomic E-state index is -0.654. The molecular weight excluding hydrogens is 290 g/mol. The van der Waals surface area contributed by atoms with Crippen molar-refractivity contribution < 1.29 is 9.53 Å². The fourth-order valence-electron chi connectivity index (χ4n) is 2.84. The Bertz CT molecular complexity index is 518. The molecule has 0 aliphatic heterocycles. The van der Waals surface area contributed by atoms with Crippen LogP contribution in [0.1, 0.15) is 38.3 Å². The molecule has 2 aliphatic rings. The summed E-state index contributed by atoms with van der Waals surface area (Å²) in [4.78, 5) is 12.6. The molecule has 5 nitrogen and oxygen atoms in total. The van der Waals surface area contributed by atoms with E-state index in [1.807, 2.05) is 13.8 Å². The van der Waals surface area contributed by atoms with Gasteiger partial charge in [-0.1, -0.05) is 11.6 Å². The van der Waals surface area contributed by atoms with E-state index in [2.05, 4.69) is 10.4 Å². The van der Waals surface area contributed by atoms with E-state index in [-0.39, 0.29) is 5.97 Å². The van der Waals surface area contributed by atoms with Gasteiger partial charge in [0.25, 0.3) is 0 Å². The first kappa shape index (κ1) is 14.9. The zero-order valence-corrected chi connectivity index (χ0v) is 13.3. The van der Waals surface area contributed by atoms with Crippen LogP contribution in [-0.4, -0.2) is 33.9 Å². The van der Waals surface area contributed by atoms with Crippen LogP contribution in [0.2, 0.25) is 5.02 Å². The molecule has 0 amide bonds. The molecule has 0 saturated heterocycles. The topological polar surface area (TPSA) is 56.2 Å². The molecule has 2 saturated carbocycles. The first-order chi connectivity index (χ1) is 10.0. The monoisotopic (exact) mass is 311 g/mol. The summed E-state index contributed by atoms with van der Waals surface area (Å²) in [7, 11) is 0. The Morgan fingerprint density at radius 2 is 2.24 bits per heavy atom. The summed E-state index contributed by atoms with van der Waals surface area (Å²) in [6, 6.07) is 0.433. The van der Waals surface area contributed by atoms with E-state index in [0.717, 1.165) is 31.4 Å². The summed E-state index contributed by atoms with van der Waals surface area (Å²) < 4.78 is 7.15. The highest BCUT2D eigenvalue weighted by Gasteiger charge is 2.54. The van der Waals surface area contributed by atoms with Gasteiger partial charge in [0.1, 0.15) is 5.54 Å². The lowest BCUT2D eigenvalue weighted by molar-refractivity contribution is -0.153. The SMILES string of the molecule is CCOC(=O)C(Cn1cc(Cl)c(C)n1)(NC1CC1)C1CC1. The number of rotatable bonds is 7. The first-order valence-corrected chi connectivity index (χ1v) is 8.07. The van der Waals surface area contributed by atoms with E-state index in [1.54, 1.807) is 10.9 Å². The molecule has 2 aliphatic carbocycles. The highest BCUT2D eigenvalue weighted by atomic mass is 35.5. The fraction of sp³-hybridized carbons (Fsp3) is 0.733. The van der Waals surface area contributed by atoms with Crippen LogP contribution < -0.4 is 5.32 Å². The predicted octanol–water partition coefficient (Wildman–Crippen LogP) is 2.31. The number of hydrogen-bond donors (Lipinski definition) is 1. The summed E-state index contributed by atoms with van der Waals surface area (Å²) in [5, 5.41) is 8.60. The molecule has 1 atom stereocenters. The number of carbonyl (C=O) groups is 1. The van der Waals surface area contributed by atoms with E-state index in [9.17, 15) is 4.79 Å². The van der Waals surface area contributed by atoms with Crippen molar-refractivity contribution in [2.75, 3.05) is 6.61 Å². The summed E-state index contributed by atoms with van der Waals surface area (Å²) in [6.45, 7) is 4.61. The second kappa shape index (κ2) is 5.61. The van der Waals surface area contributed by atoms with Crippen molar-refractivity contribution in [2.45, 2.75) is 57.7 Å². The summed E-state index contributed by atoms with van der Waals surface area (Å²) in [5.74, 6) is 0.184. The lowest BCUT2D eigenvalue weighted by Crippen LogP contribution is -2.58. The Hall–Kier alpha value is -1.07. The number of aryl methyl sites for hydroxylation is 1. The second-order valence-electron chi connectivity index (χ2n) is 6.14. The first-order valence-electron chi connectivity index (χ1n) is 7.69. The van der Waals surface area contributed by atoms with Gasteiger partial charge in [-0.15, -0.1) is 0 Å². The van der Waals surface area contributed by atoms with Crippen LogP contribution in [0.5, 0.6) is 0 Å². The quantitative estimate of drug-likeness (QED) is 0.785. The van der Waals surface area contributed by atoms with Crippen molar-refractivity contribution in [1.82, 2.24) is 15.1 Å². The lowest BCUT2D eigenvalue weighted by atomic mass is 9.92. The maximum Gasteiger partial charge on any atom is 0.328 e. The van der Waals surface area contributed by atoms with Gasteiger partial charge in [-0.2, -0.15) is 5.10 Å². The minimum absolute atomic E-state index is 0.149. The predicted molar refractivity (Wildman–Crippen MR) is 80.2 cm³/mol. The van der Waals surface area contributed by atoms with Gasteiger partial charge in [-0.25, -0.2) is 4.79 Å². The molecule has 21 heavy (non-hydrogen) atoms. The maximum absolute atomic E-state index is 12.6. The Balaban J connectivity index is 1.87. The van der Waals surface area contributed by atoms with Crippen LogP contribution in [0, 0.1) is 12.8 Å². The molecule has 116 valence electrons. The molecule has 2 fully saturated rings. The van der Waals surface area contributed by atoms with Crippen molar-refractivity contribution in [2.24, 2.45) is 5.92 Å². The molecule has 0 spiro atoms. The highest BCUT2D eigenvalue weighted by molar-refractivity contribution is 6.31. The Morgan fingerprint density at radius 1 is 1.52 bits per heavy atom. The molecule has 1 heterocycles. The normalized spacial score (nSPS) is 21.1.